The molecule has 0 saturated heterocycles. The molecule has 0 amide bonds. The summed E-state index contributed by atoms with van der Waals surface area (Å²) in [5.41, 5.74) is 1.44. The average molecular weight is 267 g/mol. The lowest BCUT2D eigenvalue weighted by atomic mass is 10.2. The van der Waals surface area contributed by atoms with Crippen molar-refractivity contribution in [1.82, 2.24) is 15.0 Å². The lowest BCUT2D eigenvalue weighted by Gasteiger charge is -2.05. The lowest BCUT2D eigenvalue weighted by molar-refractivity contribution is 0.112. The number of hydrogen-bond donors (Lipinski definition) is 0. The molecule has 3 aromatic rings. The molecular formula is C14H9N3OS. The zero-order chi connectivity index (χ0) is 13.1. The first kappa shape index (κ1) is 11.8. The van der Waals surface area contributed by atoms with Crippen LogP contribution in [0.3, 0.4) is 0 Å². The highest BCUT2D eigenvalue weighted by atomic mass is 32.2. The molecular weight excluding hydrogens is 258 g/mol. The Morgan fingerprint density at radius 2 is 2.05 bits per heavy atom. The quantitative estimate of drug-likeness (QED) is 0.539. The van der Waals surface area contributed by atoms with Gasteiger partial charge in [-0.05, 0) is 30.0 Å². The zero-order valence-electron chi connectivity index (χ0n) is 9.85. The first-order valence-corrected chi connectivity index (χ1v) is 6.47. The van der Waals surface area contributed by atoms with Gasteiger partial charge in [-0.3, -0.25) is 4.79 Å². The molecule has 0 aliphatic heterocycles. The number of pyridine rings is 1. The van der Waals surface area contributed by atoms with Crippen LogP contribution in [0.5, 0.6) is 0 Å². The van der Waals surface area contributed by atoms with E-state index < -0.39 is 0 Å². The largest absolute Gasteiger partial charge is 0.298 e. The monoisotopic (exact) mass is 267 g/mol. The average Bonchev–Trinajstić information content (AvgIpc) is 2.47. The lowest BCUT2D eigenvalue weighted by Crippen LogP contribution is -1.92. The van der Waals surface area contributed by atoms with Crippen LogP contribution in [0.15, 0.2) is 59.0 Å². The summed E-state index contributed by atoms with van der Waals surface area (Å²) in [6.45, 7) is 0. The zero-order valence-corrected chi connectivity index (χ0v) is 10.7. The molecule has 0 radical (unpaired) electrons. The molecule has 0 N–H and O–H groups in total. The van der Waals surface area contributed by atoms with E-state index in [1.807, 2.05) is 30.3 Å². The predicted molar refractivity (Wildman–Crippen MR) is 73.3 cm³/mol. The van der Waals surface area contributed by atoms with E-state index in [1.54, 1.807) is 12.3 Å². The molecule has 19 heavy (non-hydrogen) atoms. The summed E-state index contributed by atoms with van der Waals surface area (Å²) in [4.78, 5) is 23.7. The van der Waals surface area contributed by atoms with Crippen molar-refractivity contribution in [2.24, 2.45) is 0 Å². The van der Waals surface area contributed by atoms with E-state index in [9.17, 15) is 4.79 Å². The summed E-state index contributed by atoms with van der Waals surface area (Å²) in [6.07, 6.45) is 3.96. The van der Waals surface area contributed by atoms with Crippen LogP contribution in [-0.2, 0) is 0 Å². The third-order valence-electron chi connectivity index (χ3n) is 2.60. The van der Waals surface area contributed by atoms with E-state index in [-0.39, 0.29) is 0 Å². The number of carbonyl (C=O) groups is 1. The van der Waals surface area contributed by atoms with Crippen molar-refractivity contribution in [3.05, 3.63) is 54.5 Å². The Bertz CT molecular complexity index is 731. The maximum atomic E-state index is 11.2. The van der Waals surface area contributed by atoms with Crippen LogP contribution in [0.1, 0.15) is 10.4 Å². The summed E-state index contributed by atoms with van der Waals surface area (Å²) in [7, 11) is 0. The number of aromatic nitrogens is 3. The second-order valence-electron chi connectivity index (χ2n) is 3.84. The molecule has 0 aliphatic carbocycles. The number of rotatable bonds is 3. The number of hydrogen-bond acceptors (Lipinski definition) is 5. The van der Waals surface area contributed by atoms with Crippen molar-refractivity contribution < 1.29 is 4.79 Å². The topological polar surface area (TPSA) is 55.7 Å². The molecule has 5 heteroatoms. The Morgan fingerprint density at radius 3 is 2.84 bits per heavy atom. The van der Waals surface area contributed by atoms with Crippen molar-refractivity contribution in [3.63, 3.8) is 0 Å². The summed E-state index contributed by atoms with van der Waals surface area (Å²) in [5, 5.41) is 2.38. The number of aldehydes is 1. The number of fused-ring (bicyclic) bond motifs is 1. The van der Waals surface area contributed by atoms with Crippen LogP contribution < -0.4 is 0 Å². The second-order valence-corrected chi connectivity index (χ2v) is 4.85. The van der Waals surface area contributed by atoms with Gasteiger partial charge in [0.05, 0.1) is 5.52 Å². The smallest absolute Gasteiger partial charge is 0.152 e. The van der Waals surface area contributed by atoms with E-state index in [0.29, 0.717) is 10.6 Å². The van der Waals surface area contributed by atoms with Crippen LogP contribution in [-0.4, -0.2) is 21.2 Å². The third kappa shape index (κ3) is 2.46. The third-order valence-corrected chi connectivity index (χ3v) is 3.57. The van der Waals surface area contributed by atoms with E-state index in [2.05, 4.69) is 15.0 Å². The molecule has 2 aromatic heterocycles. The first-order chi connectivity index (χ1) is 9.36. The van der Waals surface area contributed by atoms with Gasteiger partial charge >= 0.3 is 0 Å². The molecule has 3 rings (SSSR count). The van der Waals surface area contributed by atoms with Gasteiger partial charge in [-0.2, -0.15) is 0 Å². The molecule has 2 heterocycles. The molecule has 0 aliphatic rings. The summed E-state index contributed by atoms with van der Waals surface area (Å²) in [6, 6.07) is 11.3. The molecule has 0 atom stereocenters. The molecule has 1 aromatic carbocycles. The van der Waals surface area contributed by atoms with Crippen LogP contribution in [0, 0.1) is 0 Å². The van der Waals surface area contributed by atoms with Crippen molar-refractivity contribution in [3.8, 4) is 0 Å². The molecule has 0 fully saturated rings. The standard InChI is InChI=1S/C14H9N3OS/c18-8-11-7-10-3-1-2-4-12(10)17-14(11)19-13-5-6-15-9-16-13/h1-9H. The van der Waals surface area contributed by atoms with Crippen LogP contribution in [0.25, 0.3) is 10.9 Å². The number of para-hydroxylation sites is 1. The fourth-order valence-corrected chi connectivity index (χ4v) is 2.51. The highest BCUT2D eigenvalue weighted by Crippen LogP contribution is 2.28. The summed E-state index contributed by atoms with van der Waals surface area (Å²) in [5.74, 6) is 0. The van der Waals surface area contributed by atoms with Crippen molar-refractivity contribution in [2.45, 2.75) is 10.1 Å². The van der Waals surface area contributed by atoms with Gasteiger partial charge < -0.3 is 0 Å². The van der Waals surface area contributed by atoms with E-state index in [1.165, 1.54) is 18.1 Å². The predicted octanol–water partition coefficient (Wildman–Crippen LogP) is 2.99. The SMILES string of the molecule is O=Cc1cc2ccccc2nc1Sc1ccncn1. The molecule has 4 nitrogen and oxygen atoms in total. The van der Waals surface area contributed by atoms with E-state index >= 15 is 0 Å². The van der Waals surface area contributed by atoms with Gasteiger partial charge in [0.1, 0.15) is 16.4 Å². The van der Waals surface area contributed by atoms with Gasteiger partial charge in [-0.1, -0.05) is 18.2 Å². The fourth-order valence-electron chi connectivity index (χ4n) is 1.72. The molecule has 92 valence electrons. The van der Waals surface area contributed by atoms with Crippen LogP contribution in [0.4, 0.5) is 0 Å². The Hall–Kier alpha value is -2.27. The number of carbonyl (C=O) groups excluding carboxylic acids is 1. The molecule has 0 spiro atoms. The molecule has 0 saturated carbocycles. The minimum Gasteiger partial charge on any atom is -0.298 e. The van der Waals surface area contributed by atoms with Crippen LogP contribution in [0.2, 0.25) is 0 Å². The minimum atomic E-state index is 0.572. The van der Waals surface area contributed by atoms with Gasteiger partial charge in [-0.15, -0.1) is 0 Å². The van der Waals surface area contributed by atoms with E-state index in [0.717, 1.165) is 22.2 Å². The Labute approximate surface area is 113 Å². The van der Waals surface area contributed by atoms with Crippen LogP contribution >= 0.6 is 11.8 Å². The highest BCUT2D eigenvalue weighted by Gasteiger charge is 2.08. The van der Waals surface area contributed by atoms with Gasteiger partial charge in [-0.25, -0.2) is 15.0 Å². The maximum Gasteiger partial charge on any atom is 0.152 e. The second kappa shape index (κ2) is 5.16. The maximum absolute atomic E-state index is 11.2. The Balaban J connectivity index is 2.09. The Morgan fingerprint density at radius 1 is 1.16 bits per heavy atom. The minimum absolute atomic E-state index is 0.572. The fraction of sp³-hybridized carbons (Fsp3) is 0. The molecule has 0 unspecified atom stereocenters. The van der Waals surface area contributed by atoms with Crippen molar-refractivity contribution >= 4 is 29.0 Å². The molecule has 0 bridgehead atoms. The highest BCUT2D eigenvalue weighted by molar-refractivity contribution is 7.99. The summed E-state index contributed by atoms with van der Waals surface area (Å²) < 4.78 is 0. The normalized spacial score (nSPS) is 10.5. The van der Waals surface area contributed by atoms with Crippen molar-refractivity contribution in [1.29, 1.82) is 0 Å². The number of benzene rings is 1. The number of nitrogens with zero attached hydrogens (tertiary/aromatic N) is 3. The van der Waals surface area contributed by atoms with Gasteiger partial charge in [0.2, 0.25) is 0 Å². The van der Waals surface area contributed by atoms with Gasteiger partial charge in [0.15, 0.2) is 6.29 Å². The first-order valence-electron chi connectivity index (χ1n) is 5.65. The van der Waals surface area contributed by atoms with E-state index in [4.69, 9.17) is 0 Å². The van der Waals surface area contributed by atoms with Gasteiger partial charge in [0.25, 0.3) is 0 Å². The van der Waals surface area contributed by atoms with Crippen molar-refractivity contribution in [2.75, 3.05) is 0 Å². The van der Waals surface area contributed by atoms with Gasteiger partial charge in [0, 0.05) is 17.1 Å². The summed E-state index contributed by atoms with van der Waals surface area (Å²) >= 11 is 1.36. The Kier molecular flexibility index (Phi) is 3.20.